The molecule has 1 unspecified atom stereocenters. The Kier molecular flexibility index (Phi) is 4.71. The molecular weight excluding hydrogens is 262 g/mol. The lowest BCUT2D eigenvalue weighted by Crippen LogP contribution is -2.54. The van der Waals surface area contributed by atoms with Gasteiger partial charge in [0.2, 0.25) is 0 Å². The SMILES string of the molecule is CCC(CC)(C(NN)c1cc2cc(C)ccc2o1)N(C)C. The van der Waals surface area contributed by atoms with Crippen molar-refractivity contribution in [2.24, 2.45) is 5.84 Å². The lowest BCUT2D eigenvalue weighted by atomic mass is 9.82. The lowest BCUT2D eigenvalue weighted by Gasteiger charge is -2.43. The fourth-order valence-electron chi connectivity index (χ4n) is 3.38. The van der Waals surface area contributed by atoms with E-state index in [2.05, 4.69) is 63.4 Å². The second-order valence-electron chi connectivity index (χ2n) is 5.99. The normalized spacial score (nSPS) is 14.0. The van der Waals surface area contributed by atoms with E-state index >= 15 is 0 Å². The van der Waals surface area contributed by atoms with Crippen LogP contribution in [0.2, 0.25) is 0 Å². The second kappa shape index (κ2) is 6.18. The molecule has 0 amide bonds. The molecule has 0 aliphatic rings. The van der Waals surface area contributed by atoms with Crippen molar-refractivity contribution >= 4 is 11.0 Å². The van der Waals surface area contributed by atoms with Crippen LogP contribution in [-0.4, -0.2) is 24.5 Å². The number of likely N-dealkylation sites (N-methyl/N-ethyl adjacent to an activating group) is 1. The predicted octanol–water partition coefficient (Wildman–Crippen LogP) is 3.37. The summed E-state index contributed by atoms with van der Waals surface area (Å²) in [7, 11) is 4.20. The van der Waals surface area contributed by atoms with Crippen molar-refractivity contribution in [2.75, 3.05) is 14.1 Å². The topological polar surface area (TPSA) is 54.4 Å². The summed E-state index contributed by atoms with van der Waals surface area (Å²) < 4.78 is 6.07. The standard InChI is InChI=1S/C17H27N3O/c1-6-17(7-2,20(4)5)16(19-18)15-11-13-10-12(3)8-9-14(13)21-15/h8-11,16,19H,6-7,18H2,1-5H3. The molecule has 0 spiro atoms. The highest BCUT2D eigenvalue weighted by Crippen LogP contribution is 2.37. The summed E-state index contributed by atoms with van der Waals surface area (Å²) in [6.07, 6.45) is 1.98. The maximum atomic E-state index is 6.07. The van der Waals surface area contributed by atoms with Crippen molar-refractivity contribution in [1.82, 2.24) is 10.3 Å². The number of hydrogen-bond acceptors (Lipinski definition) is 4. The number of aryl methyl sites for hydroxylation is 1. The van der Waals surface area contributed by atoms with Crippen molar-refractivity contribution in [1.29, 1.82) is 0 Å². The van der Waals surface area contributed by atoms with Gasteiger partial charge >= 0.3 is 0 Å². The molecule has 2 rings (SSSR count). The molecule has 116 valence electrons. The Labute approximate surface area is 127 Å². The van der Waals surface area contributed by atoms with Gasteiger partial charge in [-0.05, 0) is 52.1 Å². The average Bonchev–Trinajstić information content (AvgIpc) is 2.86. The van der Waals surface area contributed by atoms with Gasteiger partial charge in [0, 0.05) is 10.9 Å². The molecule has 1 aromatic carbocycles. The Bertz CT molecular complexity index is 599. The van der Waals surface area contributed by atoms with Gasteiger partial charge in [-0.1, -0.05) is 25.5 Å². The van der Waals surface area contributed by atoms with Crippen LogP contribution in [0.15, 0.2) is 28.7 Å². The Morgan fingerprint density at radius 1 is 1.24 bits per heavy atom. The van der Waals surface area contributed by atoms with E-state index in [0.29, 0.717) is 0 Å². The first-order chi connectivity index (χ1) is 9.98. The molecule has 0 saturated heterocycles. The van der Waals surface area contributed by atoms with Gasteiger partial charge in [-0.2, -0.15) is 0 Å². The van der Waals surface area contributed by atoms with Gasteiger partial charge in [-0.15, -0.1) is 0 Å². The number of hydrogen-bond donors (Lipinski definition) is 2. The summed E-state index contributed by atoms with van der Waals surface area (Å²) in [5.41, 5.74) is 5.06. The van der Waals surface area contributed by atoms with E-state index in [0.717, 1.165) is 29.6 Å². The van der Waals surface area contributed by atoms with E-state index in [1.807, 2.05) is 6.07 Å². The summed E-state index contributed by atoms with van der Waals surface area (Å²) in [5.74, 6) is 6.79. The zero-order valence-electron chi connectivity index (χ0n) is 13.7. The Morgan fingerprint density at radius 2 is 1.90 bits per heavy atom. The first-order valence-electron chi connectivity index (χ1n) is 7.62. The quantitative estimate of drug-likeness (QED) is 0.632. The van der Waals surface area contributed by atoms with Crippen LogP contribution in [0.3, 0.4) is 0 Å². The third kappa shape index (κ3) is 2.71. The van der Waals surface area contributed by atoms with E-state index < -0.39 is 0 Å². The van der Waals surface area contributed by atoms with E-state index in [1.54, 1.807) is 0 Å². The second-order valence-corrected chi connectivity index (χ2v) is 5.99. The predicted molar refractivity (Wildman–Crippen MR) is 88.0 cm³/mol. The Hall–Kier alpha value is -1.36. The van der Waals surface area contributed by atoms with Crippen molar-refractivity contribution in [2.45, 2.75) is 45.2 Å². The molecule has 4 nitrogen and oxygen atoms in total. The molecular formula is C17H27N3O. The monoisotopic (exact) mass is 289 g/mol. The molecule has 21 heavy (non-hydrogen) atoms. The number of nitrogens with one attached hydrogen (secondary N) is 1. The maximum absolute atomic E-state index is 6.07. The van der Waals surface area contributed by atoms with Crippen LogP contribution in [-0.2, 0) is 0 Å². The molecule has 0 aliphatic heterocycles. The van der Waals surface area contributed by atoms with Crippen LogP contribution in [0.1, 0.15) is 44.1 Å². The van der Waals surface area contributed by atoms with E-state index in [1.165, 1.54) is 5.56 Å². The minimum Gasteiger partial charge on any atom is -0.459 e. The van der Waals surface area contributed by atoms with E-state index in [9.17, 15) is 0 Å². The first kappa shape index (κ1) is 16.0. The van der Waals surface area contributed by atoms with Crippen LogP contribution >= 0.6 is 0 Å². The summed E-state index contributed by atoms with van der Waals surface area (Å²) in [6.45, 7) is 6.48. The molecule has 0 radical (unpaired) electrons. The minimum atomic E-state index is -0.0718. The number of benzene rings is 1. The molecule has 1 aromatic heterocycles. The highest BCUT2D eigenvalue weighted by molar-refractivity contribution is 5.78. The highest BCUT2D eigenvalue weighted by atomic mass is 16.3. The van der Waals surface area contributed by atoms with E-state index in [-0.39, 0.29) is 11.6 Å². The van der Waals surface area contributed by atoms with Crippen LogP contribution < -0.4 is 11.3 Å². The van der Waals surface area contributed by atoms with Gasteiger partial charge in [-0.25, -0.2) is 5.43 Å². The van der Waals surface area contributed by atoms with Crippen molar-refractivity contribution < 1.29 is 4.42 Å². The third-order valence-corrected chi connectivity index (χ3v) is 4.79. The molecule has 1 heterocycles. The number of nitrogens with zero attached hydrogens (tertiary/aromatic N) is 1. The molecule has 4 heteroatoms. The van der Waals surface area contributed by atoms with Crippen LogP contribution in [0.4, 0.5) is 0 Å². The fraction of sp³-hybridized carbons (Fsp3) is 0.529. The van der Waals surface area contributed by atoms with Crippen LogP contribution in [0.25, 0.3) is 11.0 Å². The number of fused-ring (bicyclic) bond motifs is 1. The molecule has 1 atom stereocenters. The zero-order chi connectivity index (χ0) is 15.6. The van der Waals surface area contributed by atoms with Gasteiger partial charge in [0.25, 0.3) is 0 Å². The van der Waals surface area contributed by atoms with Gasteiger partial charge < -0.3 is 9.32 Å². The summed E-state index contributed by atoms with van der Waals surface area (Å²) >= 11 is 0. The van der Waals surface area contributed by atoms with Crippen LogP contribution in [0, 0.1) is 6.92 Å². The number of nitrogens with two attached hydrogens (primary N) is 1. The molecule has 0 bridgehead atoms. The molecule has 0 saturated carbocycles. The smallest absolute Gasteiger partial charge is 0.134 e. The fourth-order valence-corrected chi connectivity index (χ4v) is 3.38. The lowest BCUT2D eigenvalue weighted by molar-refractivity contribution is 0.0787. The van der Waals surface area contributed by atoms with Gasteiger partial charge in [0.05, 0.1) is 6.04 Å². The average molecular weight is 289 g/mol. The number of hydrazine groups is 1. The van der Waals surface area contributed by atoms with Crippen LogP contribution in [0.5, 0.6) is 0 Å². The minimum absolute atomic E-state index is 0.0461. The highest BCUT2D eigenvalue weighted by Gasteiger charge is 2.40. The zero-order valence-corrected chi connectivity index (χ0v) is 13.7. The number of furan rings is 1. The first-order valence-corrected chi connectivity index (χ1v) is 7.62. The summed E-state index contributed by atoms with van der Waals surface area (Å²) in [5, 5.41) is 1.13. The van der Waals surface area contributed by atoms with Gasteiger partial charge in [0.15, 0.2) is 0 Å². The van der Waals surface area contributed by atoms with E-state index in [4.69, 9.17) is 10.3 Å². The molecule has 2 aromatic rings. The van der Waals surface area contributed by atoms with Crippen molar-refractivity contribution in [3.05, 3.63) is 35.6 Å². The number of rotatable bonds is 6. The summed E-state index contributed by atoms with van der Waals surface area (Å²) in [4.78, 5) is 2.25. The molecule has 3 N–H and O–H groups in total. The third-order valence-electron chi connectivity index (χ3n) is 4.79. The Morgan fingerprint density at radius 3 is 2.43 bits per heavy atom. The van der Waals surface area contributed by atoms with Crippen molar-refractivity contribution in [3.8, 4) is 0 Å². The maximum Gasteiger partial charge on any atom is 0.134 e. The molecule has 0 aliphatic carbocycles. The van der Waals surface area contributed by atoms with Gasteiger partial charge in [-0.3, -0.25) is 5.84 Å². The summed E-state index contributed by atoms with van der Waals surface area (Å²) in [6, 6.07) is 8.30. The van der Waals surface area contributed by atoms with Gasteiger partial charge in [0.1, 0.15) is 11.3 Å². The Balaban J connectivity index is 2.51. The molecule has 0 fully saturated rings. The van der Waals surface area contributed by atoms with Crippen molar-refractivity contribution in [3.63, 3.8) is 0 Å². The largest absolute Gasteiger partial charge is 0.459 e.